The number of hydroxylamine groups is 1. The maximum atomic E-state index is 11.9. The van der Waals surface area contributed by atoms with Crippen LogP contribution < -0.4 is 15.5 Å². The van der Waals surface area contributed by atoms with Crippen molar-refractivity contribution in [3.63, 3.8) is 0 Å². The fourth-order valence-corrected chi connectivity index (χ4v) is 1.95. The summed E-state index contributed by atoms with van der Waals surface area (Å²) in [5.41, 5.74) is 3.77. The third-order valence-corrected chi connectivity index (χ3v) is 3.10. The van der Waals surface area contributed by atoms with Crippen molar-refractivity contribution in [2.75, 3.05) is 13.7 Å². The van der Waals surface area contributed by atoms with Crippen molar-refractivity contribution in [1.82, 2.24) is 15.8 Å². The van der Waals surface area contributed by atoms with Crippen LogP contribution in [-0.2, 0) is 21.0 Å². The standard InChI is InChI=1S/C18H19N3O4/c1-24-21-18(23)13-25-16-7-3-2-6-15(16)8-9-17(22)20-12-14-5-4-10-19-11-14/h2-11H,12-13H2,1H3,(H,20,22)(H,21,23). The number of aromatic nitrogens is 1. The second-order valence-corrected chi connectivity index (χ2v) is 4.97. The van der Waals surface area contributed by atoms with Gasteiger partial charge in [-0.15, -0.1) is 0 Å². The lowest BCUT2D eigenvalue weighted by Crippen LogP contribution is -2.27. The molecule has 0 aliphatic carbocycles. The number of hydrogen-bond acceptors (Lipinski definition) is 5. The average molecular weight is 341 g/mol. The number of nitrogens with zero attached hydrogens (tertiary/aromatic N) is 1. The first-order chi connectivity index (χ1) is 12.2. The molecule has 0 saturated heterocycles. The molecule has 2 rings (SSSR count). The van der Waals surface area contributed by atoms with Crippen LogP contribution in [0.15, 0.2) is 54.9 Å². The van der Waals surface area contributed by atoms with E-state index in [9.17, 15) is 9.59 Å². The molecule has 0 bridgehead atoms. The summed E-state index contributed by atoms with van der Waals surface area (Å²) in [7, 11) is 1.35. The molecule has 0 aliphatic heterocycles. The Kier molecular flexibility index (Phi) is 7.14. The third kappa shape index (κ3) is 6.44. The summed E-state index contributed by atoms with van der Waals surface area (Å²) in [5.74, 6) is -0.156. The highest BCUT2D eigenvalue weighted by Crippen LogP contribution is 2.19. The molecule has 7 nitrogen and oxygen atoms in total. The third-order valence-electron chi connectivity index (χ3n) is 3.10. The second-order valence-electron chi connectivity index (χ2n) is 4.97. The van der Waals surface area contributed by atoms with Crippen LogP contribution >= 0.6 is 0 Å². The first-order valence-electron chi connectivity index (χ1n) is 7.57. The molecule has 0 aliphatic rings. The van der Waals surface area contributed by atoms with Gasteiger partial charge in [-0.3, -0.25) is 19.4 Å². The van der Waals surface area contributed by atoms with Gasteiger partial charge in [0.05, 0.1) is 7.11 Å². The van der Waals surface area contributed by atoms with Gasteiger partial charge >= 0.3 is 0 Å². The molecule has 0 saturated carbocycles. The van der Waals surface area contributed by atoms with E-state index < -0.39 is 5.91 Å². The minimum atomic E-state index is -0.407. The molecule has 0 unspecified atom stereocenters. The first kappa shape index (κ1) is 18.2. The van der Waals surface area contributed by atoms with Gasteiger partial charge < -0.3 is 10.1 Å². The molecule has 1 aromatic heterocycles. The Hall–Kier alpha value is -3.19. The molecule has 0 atom stereocenters. The summed E-state index contributed by atoms with van der Waals surface area (Å²) in [4.78, 5) is 31.8. The number of ether oxygens (including phenoxy) is 1. The van der Waals surface area contributed by atoms with Crippen LogP contribution in [-0.4, -0.2) is 30.5 Å². The Morgan fingerprint density at radius 3 is 2.80 bits per heavy atom. The zero-order valence-electron chi connectivity index (χ0n) is 13.8. The van der Waals surface area contributed by atoms with E-state index in [1.54, 1.807) is 36.7 Å². The molecule has 2 N–H and O–H groups in total. The van der Waals surface area contributed by atoms with Crippen LogP contribution in [0.5, 0.6) is 5.75 Å². The van der Waals surface area contributed by atoms with Crippen molar-refractivity contribution >= 4 is 17.9 Å². The predicted octanol–water partition coefficient (Wildman–Crippen LogP) is 1.47. The van der Waals surface area contributed by atoms with Crippen molar-refractivity contribution < 1.29 is 19.2 Å². The van der Waals surface area contributed by atoms with Crippen molar-refractivity contribution in [3.05, 3.63) is 66.0 Å². The molecule has 2 amide bonds. The van der Waals surface area contributed by atoms with Crippen LogP contribution in [0.1, 0.15) is 11.1 Å². The maximum Gasteiger partial charge on any atom is 0.281 e. The Morgan fingerprint density at radius 2 is 2.04 bits per heavy atom. The fraction of sp³-hybridized carbons (Fsp3) is 0.167. The number of para-hydroxylation sites is 1. The van der Waals surface area contributed by atoms with Crippen molar-refractivity contribution in [3.8, 4) is 5.75 Å². The maximum absolute atomic E-state index is 11.9. The quantitative estimate of drug-likeness (QED) is 0.561. The fourth-order valence-electron chi connectivity index (χ4n) is 1.95. The van der Waals surface area contributed by atoms with Crippen LogP contribution in [0, 0.1) is 0 Å². The molecule has 7 heteroatoms. The van der Waals surface area contributed by atoms with E-state index in [-0.39, 0.29) is 12.5 Å². The van der Waals surface area contributed by atoms with Gasteiger partial charge in [0.25, 0.3) is 5.91 Å². The van der Waals surface area contributed by atoms with Crippen LogP contribution in [0.25, 0.3) is 6.08 Å². The molecule has 1 aromatic carbocycles. The summed E-state index contributed by atoms with van der Waals surface area (Å²) < 4.78 is 5.43. The smallest absolute Gasteiger partial charge is 0.281 e. The van der Waals surface area contributed by atoms with E-state index in [0.29, 0.717) is 17.9 Å². The summed E-state index contributed by atoms with van der Waals surface area (Å²) in [6.07, 6.45) is 6.41. The minimum Gasteiger partial charge on any atom is -0.483 e. The Bertz CT molecular complexity index is 732. The lowest BCUT2D eigenvalue weighted by atomic mass is 10.2. The van der Waals surface area contributed by atoms with Gasteiger partial charge in [-0.1, -0.05) is 24.3 Å². The summed E-state index contributed by atoms with van der Waals surface area (Å²) in [6.45, 7) is 0.207. The lowest BCUT2D eigenvalue weighted by Gasteiger charge is -2.08. The molecule has 0 fully saturated rings. The molecule has 1 heterocycles. The van der Waals surface area contributed by atoms with Crippen molar-refractivity contribution in [2.45, 2.75) is 6.54 Å². The minimum absolute atomic E-state index is 0.189. The highest BCUT2D eigenvalue weighted by Gasteiger charge is 2.05. The topological polar surface area (TPSA) is 89.5 Å². The van der Waals surface area contributed by atoms with E-state index in [4.69, 9.17) is 4.74 Å². The van der Waals surface area contributed by atoms with Gasteiger partial charge in [-0.25, -0.2) is 5.48 Å². The van der Waals surface area contributed by atoms with E-state index in [2.05, 4.69) is 20.6 Å². The molecule has 130 valence electrons. The number of nitrogens with one attached hydrogen (secondary N) is 2. The largest absolute Gasteiger partial charge is 0.483 e. The van der Waals surface area contributed by atoms with Gasteiger partial charge in [0, 0.05) is 30.6 Å². The van der Waals surface area contributed by atoms with E-state index in [0.717, 1.165) is 5.56 Å². The number of rotatable bonds is 8. The molecular formula is C18H19N3O4. The van der Waals surface area contributed by atoms with Gasteiger partial charge in [-0.05, 0) is 23.8 Å². The Morgan fingerprint density at radius 1 is 1.20 bits per heavy atom. The van der Waals surface area contributed by atoms with Crippen molar-refractivity contribution in [2.24, 2.45) is 0 Å². The summed E-state index contributed by atoms with van der Waals surface area (Å²) in [6, 6.07) is 10.8. The predicted molar refractivity (Wildman–Crippen MR) is 92.2 cm³/mol. The highest BCUT2D eigenvalue weighted by atomic mass is 16.6. The van der Waals surface area contributed by atoms with E-state index >= 15 is 0 Å². The highest BCUT2D eigenvalue weighted by molar-refractivity contribution is 5.92. The number of carbonyl (C=O) groups is 2. The molecule has 25 heavy (non-hydrogen) atoms. The van der Waals surface area contributed by atoms with Crippen LogP contribution in [0.2, 0.25) is 0 Å². The zero-order chi connectivity index (χ0) is 17.9. The second kappa shape index (κ2) is 9.84. The van der Waals surface area contributed by atoms with Crippen molar-refractivity contribution in [1.29, 1.82) is 0 Å². The average Bonchev–Trinajstić information content (AvgIpc) is 2.64. The number of pyridine rings is 1. The number of amides is 2. The Balaban J connectivity index is 1.91. The van der Waals surface area contributed by atoms with Gasteiger partial charge in [-0.2, -0.15) is 0 Å². The molecule has 0 radical (unpaired) electrons. The van der Waals surface area contributed by atoms with E-state index in [1.807, 2.05) is 18.2 Å². The summed E-state index contributed by atoms with van der Waals surface area (Å²) >= 11 is 0. The summed E-state index contributed by atoms with van der Waals surface area (Å²) in [5, 5.41) is 2.77. The number of hydrogen-bond donors (Lipinski definition) is 2. The van der Waals surface area contributed by atoms with Gasteiger partial charge in [0.15, 0.2) is 6.61 Å². The monoisotopic (exact) mass is 341 g/mol. The van der Waals surface area contributed by atoms with Gasteiger partial charge in [0.1, 0.15) is 5.75 Å². The Labute approximate surface area is 145 Å². The number of benzene rings is 1. The lowest BCUT2D eigenvalue weighted by molar-refractivity contribution is -0.133. The van der Waals surface area contributed by atoms with Crippen LogP contribution in [0.4, 0.5) is 0 Å². The zero-order valence-corrected chi connectivity index (χ0v) is 13.8. The first-order valence-corrected chi connectivity index (χ1v) is 7.57. The molecule has 0 spiro atoms. The number of carbonyl (C=O) groups excluding carboxylic acids is 2. The molecule has 2 aromatic rings. The van der Waals surface area contributed by atoms with Gasteiger partial charge in [0.2, 0.25) is 5.91 Å². The van der Waals surface area contributed by atoms with E-state index in [1.165, 1.54) is 13.2 Å². The molecular weight excluding hydrogens is 322 g/mol. The SMILES string of the molecule is CONC(=O)COc1ccccc1C=CC(=O)NCc1cccnc1. The van der Waals surface area contributed by atoms with Crippen LogP contribution in [0.3, 0.4) is 0 Å². The normalized spacial score (nSPS) is 10.4.